The number of carbonyl (C=O) groups is 1. The van der Waals surface area contributed by atoms with E-state index in [1.165, 1.54) is 5.56 Å². The molecular weight excluding hydrogens is 234 g/mol. The third kappa shape index (κ3) is 2.47. The maximum absolute atomic E-state index is 12.2. The van der Waals surface area contributed by atoms with Gasteiger partial charge >= 0.3 is 0 Å². The van der Waals surface area contributed by atoms with Crippen LogP contribution in [-0.4, -0.2) is 17.3 Å². The molecule has 0 spiro atoms. The molecule has 3 heteroatoms. The van der Waals surface area contributed by atoms with Gasteiger partial charge in [0, 0.05) is 11.4 Å². The number of halogens is 1. The average Bonchev–Trinajstić information content (AvgIpc) is 2.23. The molecule has 0 heterocycles. The first kappa shape index (κ1) is 12.4. The minimum absolute atomic E-state index is 0.00264. The Balaban J connectivity index is 2.14. The lowest BCUT2D eigenvalue weighted by Gasteiger charge is -2.41. The van der Waals surface area contributed by atoms with Gasteiger partial charge in [0.25, 0.3) is 5.91 Å². The molecule has 2 nitrogen and oxygen atoms in total. The van der Waals surface area contributed by atoms with Gasteiger partial charge in [-0.1, -0.05) is 17.7 Å². The molecule has 0 unspecified atom stereocenters. The SMILES string of the molecule is Cc1ccc(C(=O)NC2(CCl)CCC2)c(C)c1. The van der Waals surface area contributed by atoms with Gasteiger partial charge in [-0.05, 0) is 44.7 Å². The summed E-state index contributed by atoms with van der Waals surface area (Å²) in [5, 5.41) is 3.09. The minimum Gasteiger partial charge on any atom is -0.345 e. The monoisotopic (exact) mass is 251 g/mol. The highest BCUT2D eigenvalue weighted by Crippen LogP contribution is 2.33. The van der Waals surface area contributed by atoms with Crippen LogP contribution in [0.25, 0.3) is 0 Å². The molecule has 1 aromatic carbocycles. The van der Waals surface area contributed by atoms with Crippen molar-refractivity contribution in [3.8, 4) is 0 Å². The van der Waals surface area contributed by atoms with Crippen LogP contribution < -0.4 is 5.32 Å². The average molecular weight is 252 g/mol. The Bertz CT molecular complexity index is 432. The molecule has 1 fully saturated rings. The van der Waals surface area contributed by atoms with Crippen LogP contribution in [0.5, 0.6) is 0 Å². The molecule has 0 atom stereocenters. The first-order valence-corrected chi connectivity index (χ1v) is 6.55. The lowest BCUT2D eigenvalue weighted by Crippen LogP contribution is -2.55. The van der Waals surface area contributed by atoms with Crippen molar-refractivity contribution in [2.45, 2.75) is 38.6 Å². The summed E-state index contributed by atoms with van der Waals surface area (Å²) in [7, 11) is 0. The summed E-state index contributed by atoms with van der Waals surface area (Å²) in [6.07, 6.45) is 3.14. The molecule has 0 saturated heterocycles. The predicted octanol–water partition coefficient (Wildman–Crippen LogP) is 3.19. The van der Waals surface area contributed by atoms with Gasteiger partial charge in [-0.15, -0.1) is 11.6 Å². The van der Waals surface area contributed by atoms with Crippen LogP contribution >= 0.6 is 11.6 Å². The number of amides is 1. The highest BCUT2D eigenvalue weighted by atomic mass is 35.5. The molecular formula is C14H18ClNO. The number of alkyl halides is 1. The van der Waals surface area contributed by atoms with E-state index in [-0.39, 0.29) is 11.4 Å². The van der Waals surface area contributed by atoms with Crippen LogP contribution in [0.1, 0.15) is 40.7 Å². The first-order valence-electron chi connectivity index (χ1n) is 6.02. The van der Waals surface area contributed by atoms with E-state index in [0.717, 1.165) is 30.4 Å². The van der Waals surface area contributed by atoms with E-state index in [0.29, 0.717) is 5.88 Å². The second-order valence-corrected chi connectivity index (χ2v) is 5.31. The van der Waals surface area contributed by atoms with E-state index in [1.54, 1.807) is 0 Å². The third-order valence-corrected chi connectivity index (χ3v) is 4.08. The Labute approximate surface area is 107 Å². The van der Waals surface area contributed by atoms with Crippen molar-refractivity contribution in [2.75, 3.05) is 5.88 Å². The minimum atomic E-state index is -0.157. The number of hydrogen-bond acceptors (Lipinski definition) is 1. The summed E-state index contributed by atoms with van der Waals surface area (Å²) in [5.41, 5.74) is 2.80. The number of hydrogen-bond donors (Lipinski definition) is 1. The van der Waals surface area contributed by atoms with Gasteiger partial charge < -0.3 is 5.32 Å². The fraction of sp³-hybridized carbons (Fsp3) is 0.500. The van der Waals surface area contributed by atoms with Gasteiger partial charge in [0.1, 0.15) is 0 Å². The number of nitrogens with one attached hydrogen (secondary N) is 1. The molecule has 2 rings (SSSR count). The highest BCUT2D eigenvalue weighted by Gasteiger charge is 2.37. The summed E-state index contributed by atoms with van der Waals surface area (Å²) in [5.74, 6) is 0.506. The second kappa shape index (κ2) is 4.69. The van der Waals surface area contributed by atoms with Crippen molar-refractivity contribution in [1.82, 2.24) is 5.32 Å². The van der Waals surface area contributed by atoms with Crippen LogP contribution in [-0.2, 0) is 0 Å². The molecule has 1 aromatic rings. The Morgan fingerprint density at radius 1 is 1.41 bits per heavy atom. The summed E-state index contributed by atoms with van der Waals surface area (Å²) in [4.78, 5) is 12.2. The van der Waals surface area contributed by atoms with E-state index in [2.05, 4.69) is 5.32 Å². The van der Waals surface area contributed by atoms with Crippen molar-refractivity contribution in [3.05, 3.63) is 34.9 Å². The van der Waals surface area contributed by atoms with Gasteiger partial charge in [-0.2, -0.15) is 0 Å². The quantitative estimate of drug-likeness (QED) is 0.822. The number of aryl methyl sites for hydroxylation is 2. The molecule has 0 aliphatic heterocycles. The molecule has 0 aromatic heterocycles. The van der Waals surface area contributed by atoms with Crippen molar-refractivity contribution in [2.24, 2.45) is 0 Å². The smallest absolute Gasteiger partial charge is 0.252 e. The van der Waals surface area contributed by atoms with Crippen LogP contribution in [0.2, 0.25) is 0 Å². The summed E-state index contributed by atoms with van der Waals surface area (Å²) in [6, 6.07) is 5.89. The molecule has 0 radical (unpaired) electrons. The van der Waals surface area contributed by atoms with Crippen LogP contribution in [0, 0.1) is 13.8 Å². The summed E-state index contributed by atoms with van der Waals surface area (Å²) in [6.45, 7) is 4.00. The van der Waals surface area contributed by atoms with Gasteiger partial charge in [-0.3, -0.25) is 4.79 Å². The van der Waals surface area contributed by atoms with Crippen molar-refractivity contribution < 1.29 is 4.79 Å². The zero-order valence-corrected chi connectivity index (χ0v) is 11.1. The Morgan fingerprint density at radius 3 is 2.59 bits per heavy atom. The van der Waals surface area contributed by atoms with E-state index < -0.39 is 0 Å². The maximum atomic E-state index is 12.2. The van der Waals surface area contributed by atoms with Crippen molar-refractivity contribution in [3.63, 3.8) is 0 Å². The van der Waals surface area contributed by atoms with Gasteiger partial charge in [0.15, 0.2) is 0 Å². The van der Waals surface area contributed by atoms with Gasteiger partial charge in [0.2, 0.25) is 0 Å². The zero-order valence-electron chi connectivity index (χ0n) is 10.3. The molecule has 92 valence electrons. The Hall–Kier alpha value is -1.02. The number of carbonyl (C=O) groups excluding carboxylic acids is 1. The fourth-order valence-electron chi connectivity index (χ4n) is 2.27. The molecule has 1 aliphatic carbocycles. The number of rotatable bonds is 3. The molecule has 17 heavy (non-hydrogen) atoms. The Kier molecular flexibility index (Phi) is 3.43. The standard InChI is InChI=1S/C14H18ClNO/c1-10-4-5-12(11(2)8-10)13(17)16-14(9-15)6-3-7-14/h4-5,8H,3,6-7,9H2,1-2H3,(H,16,17). The van der Waals surface area contributed by atoms with E-state index in [1.807, 2.05) is 32.0 Å². The predicted molar refractivity (Wildman–Crippen MR) is 70.7 cm³/mol. The molecule has 1 aliphatic rings. The topological polar surface area (TPSA) is 29.1 Å². The maximum Gasteiger partial charge on any atom is 0.252 e. The highest BCUT2D eigenvalue weighted by molar-refractivity contribution is 6.19. The fourth-order valence-corrected chi connectivity index (χ4v) is 2.61. The van der Waals surface area contributed by atoms with Gasteiger partial charge in [0.05, 0.1) is 5.54 Å². The van der Waals surface area contributed by atoms with E-state index in [9.17, 15) is 4.79 Å². The van der Waals surface area contributed by atoms with Crippen LogP contribution in [0.15, 0.2) is 18.2 Å². The van der Waals surface area contributed by atoms with E-state index >= 15 is 0 Å². The largest absolute Gasteiger partial charge is 0.345 e. The lowest BCUT2D eigenvalue weighted by molar-refractivity contribution is 0.0853. The van der Waals surface area contributed by atoms with Gasteiger partial charge in [-0.25, -0.2) is 0 Å². The van der Waals surface area contributed by atoms with Crippen molar-refractivity contribution >= 4 is 17.5 Å². The zero-order chi connectivity index (χ0) is 12.5. The first-order chi connectivity index (χ1) is 8.06. The lowest BCUT2D eigenvalue weighted by atomic mass is 9.78. The second-order valence-electron chi connectivity index (χ2n) is 5.04. The molecule has 1 saturated carbocycles. The van der Waals surface area contributed by atoms with Crippen LogP contribution in [0.3, 0.4) is 0 Å². The van der Waals surface area contributed by atoms with Crippen molar-refractivity contribution in [1.29, 1.82) is 0 Å². The summed E-state index contributed by atoms with van der Waals surface area (Å²) < 4.78 is 0. The normalized spacial score (nSPS) is 17.4. The third-order valence-electron chi connectivity index (χ3n) is 3.57. The Morgan fingerprint density at radius 2 is 2.12 bits per heavy atom. The molecule has 1 N–H and O–H groups in total. The molecule has 0 bridgehead atoms. The summed E-state index contributed by atoms with van der Waals surface area (Å²) >= 11 is 5.94. The molecule has 1 amide bonds. The van der Waals surface area contributed by atoms with Crippen LogP contribution in [0.4, 0.5) is 0 Å². The van der Waals surface area contributed by atoms with E-state index in [4.69, 9.17) is 11.6 Å². The number of benzene rings is 1.